The summed E-state index contributed by atoms with van der Waals surface area (Å²) in [5.74, 6) is -0.403. The van der Waals surface area contributed by atoms with E-state index in [0.717, 1.165) is 26.8 Å². The summed E-state index contributed by atoms with van der Waals surface area (Å²) in [6.07, 6.45) is -0.933. The van der Waals surface area contributed by atoms with Crippen molar-refractivity contribution in [1.29, 1.82) is 5.26 Å². The Hall–Kier alpha value is -3.85. The normalized spacial score (nSPS) is 11.6. The van der Waals surface area contributed by atoms with Crippen LogP contribution < -0.4 is 10.3 Å². The van der Waals surface area contributed by atoms with Gasteiger partial charge in [-0.2, -0.15) is 5.26 Å². The van der Waals surface area contributed by atoms with Gasteiger partial charge in [-0.25, -0.2) is 0 Å². The van der Waals surface area contributed by atoms with Gasteiger partial charge < -0.3 is 9.84 Å². The zero-order valence-corrected chi connectivity index (χ0v) is 18.9. The van der Waals surface area contributed by atoms with Crippen molar-refractivity contribution < 1.29 is 14.6 Å². The highest BCUT2D eigenvalue weighted by Crippen LogP contribution is 2.27. The second-order valence-electron chi connectivity index (χ2n) is 8.01. The summed E-state index contributed by atoms with van der Waals surface area (Å²) in [6.45, 7) is 8.91. The number of ether oxygens (including phenoxy) is 1. The van der Waals surface area contributed by atoms with E-state index in [4.69, 9.17) is 4.74 Å². The molecule has 0 saturated heterocycles. The van der Waals surface area contributed by atoms with Crippen molar-refractivity contribution in [3.05, 3.63) is 91.8 Å². The molecule has 0 saturated carbocycles. The second-order valence-corrected chi connectivity index (χ2v) is 8.01. The van der Waals surface area contributed by atoms with Gasteiger partial charge in [-0.15, -0.1) is 0 Å². The molecule has 0 radical (unpaired) electrons. The topological polar surface area (TPSA) is 92.3 Å². The monoisotopic (exact) mass is 430 g/mol. The molecule has 0 aliphatic carbocycles. The van der Waals surface area contributed by atoms with Gasteiger partial charge in [0.2, 0.25) is 11.7 Å². The van der Waals surface area contributed by atoms with Crippen molar-refractivity contribution in [2.45, 2.75) is 47.3 Å². The molecule has 0 aliphatic rings. The van der Waals surface area contributed by atoms with E-state index in [-0.39, 0.29) is 23.2 Å². The van der Waals surface area contributed by atoms with Crippen molar-refractivity contribution in [3.8, 4) is 17.7 Å². The third kappa shape index (κ3) is 4.28. The fourth-order valence-corrected chi connectivity index (χ4v) is 3.57. The first-order valence-electron chi connectivity index (χ1n) is 10.3. The van der Waals surface area contributed by atoms with Crippen molar-refractivity contribution in [2.75, 3.05) is 0 Å². The number of ketones is 1. The van der Waals surface area contributed by atoms with Gasteiger partial charge in [0.15, 0.2) is 6.10 Å². The average molecular weight is 431 g/mol. The minimum Gasteiger partial charge on any atom is -0.494 e. The minimum atomic E-state index is -0.933. The first-order valence-corrected chi connectivity index (χ1v) is 10.3. The van der Waals surface area contributed by atoms with E-state index in [2.05, 4.69) is 0 Å². The van der Waals surface area contributed by atoms with Crippen LogP contribution in [0.1, 0.15) is 50.7 Å². The van der Waals surface area contributed by atoms with Crippen molar-refractivity contribution in [1.82, 2.24) is 4.57 Å². The molecule has 0 bridgehead atoms. The molecule has 0 spiro atoms. The maximum Gasteiger partial charge on any atom is 0.271 e. The molecule has 1 atom stereocenters. The number of carbonyl (C=O) groups excluding carboxylic acids is 1. The van der Waals surface area contributed by atoms with Crippen molar-refractivity contribution in [2.24, 2.45) is 0 Å². The molecule has 1 aromatic heterocycles. The number of nitrogens with zero attached hydrogens (tertiary/aromatic N) is 2. The van der Waals surface area contributed by atoms with Gasteiger partial charge in [0.05, 0.1) is 12.1 Å². The molecule has 2 aromatic carbocycles. The maximum absolute atomic E-state index is 13.3. The quantitative estimate of drug-likeness (QED) is 0.587. The molecule has 1 unspecified atom stereocenters. The highest BCUT2D eigenvalue weighted by atomic mass is 16.5. The molecule has 164 valence electrons. The van der Waals surface area contributed by atoms with Gasteiger partial charge in [0, 0.05) is 0 Å². The van der Waals surface area contributed by atoms with E-state index in [9.17, 15) is 20.0 Å². The summed E-state index contributed by atoms with van der Waals surface area (Å²) in [7, 11) is 0. The highest BCUT2D eigenvalue weighted by molar-refractivity contribution is 6.03. The standard InChI is InChI=1S/C26H26N2O4/c1-15-9-11-20(12-10-15)14-28-25(30)21(13-27)18(4)23(26(28)31)24(29)19(5)32-22-8-6-7-16(2)17(22)3/h6-12,19,31H,14H2,1-5H3. The lowest BCUT2D eigenvalue weighted by Crippen LogP contribution is -2.31. The molecule has 0 aliphatic heterocycles. The zero-order chi connectivity index (χ0) is 23.6. The molecule has 0 fully saturated rings. The summed E-state index contributed by atoms with van der Waals surface area (Å²) in [4.78, 5) is 26.2. The number of hydrogen-bond acceptors (Lipinski definition) is 5. The van der Waals surface area contributed by atoms with Gasteiger partial charge in [-0.3, -0.25) is 14.2 Å². The predicted octanol–water partition coefficient (Wildman–Crippen LogP) is 4.36. The zero-order valence-electron chi connectivity index (χ0n) is 18.9. The summed E-state index contributed by atoms with van der Waals surface area (Å²) in [5, 5.41) is 20.5. The number of aromatic hydroxyl groups is 1. The van der Waals surface area contributed by atoms with Gasteiger partial charge >= 0.3 is 0 Å². The Labute approximate surface area is 187 Å². The summed E-state index contributed by atoms with van der Waals surface area (Å²) >= 11 is 0. The second kappa shape index (κ2) is 9.11. The SMILES string of the molecule is Cc1ccc(Cn2c(O)c(C(=O)C(C)Oc3cccc(C)c3C)c(C)c(C#N)c2=O)cc1. The number of rotatable bonds is 6. The molecule has 1 heterocycles. The number of carbonyl (C=O) groups is 1. The Balaban J connectivity index is 2.05. The van der Waals surface area contributed by atoms with E-state index in [1.54, 1.807) is 13.0 Å². The van der Waals surface area contributed by atoms with Crippen LogP contribution in [0.5, 0.6) is 11.6 Å². The van der Waals surface area contributed by atoms with Crippen LogP contribution in [0.25, 0.3) is 0 Å². The van der Waals surface area contributed by atoms with E-state index >= 15 is 0 Å². The molecule has 0 amide bonds. The molecule has 3 rings (SSSR count). The third-order valence-electron chi connectivity index (χ3n) is 5.74. The maximum atomic E-state index is 13.3. The molecule has 6 heteroatoms. The van der Waals surface area contributed by atoms with Crippen LogP contribution in [0, 0.1) is 39.0 Å². The smallest absolute Gasteiger partial charge is 0.271 e. The van der Waals surface area contributed by atoms with Crippen LogP contribution in [0.4, 0.5) is 0 Å². The van der Waals surface area contributed by atoms with Crippen LogP contribution in [0.3, 0.4) is 0 Å². The van der Waals surface area contributed by atoms with E-state index in [1.165, 1.54) is 6.92 Å². The summed E-state index contributed by atoms with van der Waals surface area (Å²) in [6, 6.07) is 14.9. The number of Topliss-reactive ketones (excluding diaryl/α,β-unsaturated/α-hetero) is 1. The first-order chi connectivity index (χ1) is 15.1. The van der Waals surface area contributed by atoms with Crippen LogP contribution in [-0.4, -0.2) is 21.6 Å². The fraction of sp³-hybridized carbons (Fsp3) is 0.269. The van der Waals surface area contributed by atoms with Gasteiger partial charge in [0.25, 0.3) is 5.56 Å². The van der Waals surface area contributed by atoms with E-state index < -0.39 is 23.3 Å². The lowest BCUT2D eigenvalue weighted by molar-refractivity contribution is 0.0811. The number of pyridine rings is 1. The Morgan fingerprint density at radius 2 is 1.75 bits per heavy atom. The molecular weight excluding hydrogens is 404 g/mol. The van der Waals surface area contributed by atoms with Crippen LogP contribution in [0.2, 0.25) is 0 Å². The van der Waals surface area contributed by atoms with Crippen LogP contribution >= 0.6 is 0 Å². The minimum absolute atomic E-state index is 0.0341. The number of hydrogen-bond donors (Lipinski definition) is 1. The van der Waals surface area contributed by atoms with Crippen molar-refractivity contribution in [3.63, 3.8) is 0 Å². The van der Waals surface area contributed by atoms with Gasteiger partial charge in [0.1, 0.15) is 17.4 Å². The highest BCUT2D eigenvalue weighted by Gasteiger charge is 2.28. The number of nitriles is 1. The molecular formula is C26H26N2O4. The summed E-state index contributed by atoms with van der Waals surface area (Å²) < 4.78 is 6.96. The predicted molar refractivity (Wildman–Crippen MR) is 122 cm³/mol. The number of aryl methyl sites for hydroxylation is 2. The van der Waals surface area contributed by atoms with E-state index in [0.29, 0.717) is 5.75 Å². The Morgan fingerprint density at radius 1 is 1.09 bits per heavy atom. The average Bonchev–Trinajstić information content (AvgIpc) is 2.76. The largest absolute Gasteiger partial charge is 0.494 e. The number of benzene rings is 2. The number of aromatic nitrogens is 1. The molecule has 1 N–H and O–H groups in total. The lowest BCUT2D eigenvalue weighted by Gasteiger charge is -2.20. The fourth-order valence-electron chi connectivity index (χ4n) is 3.57. The molecule has 3 aromatic rings. The Bertz CT molecular complexity index is 1280. The van der Waals surface area contributed by atoms with Crippen molar-refractivity contribution >= 4 is 5.78 Å². The third-order valence-corrected chi connectivity index (χ3v) is 5.74. The Kier molecular flexibility index (Phi) is 6.50. The Morgan fingerprint density at radius 3 is 2.38 bits per heavy atom. The molecule has 32 heavy (non-hydrogen) atoms. The lowest BCUT2D eigenvalue weighted by atomic mass is 9.98. The summed E-state index contributed by atoms with van der Waals surface area (Å²) in [5.41, 5.74) is 3.02. The van der Waals surface area contributed by atoms with Gasteiger partial charge in [-0.05, 0) is 62.9 Å². The van der Waals surface area contributed by atoms with Crippen LogP contribution in [-0.2, 0) is 6.54 Å². The van der Waals surface area contributed by atoms with Crippen LogP contribution in [0.15, 0.2) is 47.3 Å². The van der Waals surface area contributed by atoms with Gasteiger partial charge in [-0.1, -0.05) is 42.0 Å². The molecule has 6 nitrogen and oxygen atoms in total. The first kappa shape index (κ1) is 22.8. The van der Waals surface area contributed by atoms with E-state index in [1.807, 2.05) is 63.2 Å².